The van der Waals surface area contributed by atoms with Gasteiger partial charge in [-0.15, -0.1) is 0 Å². The van der Waals surface area contributed by atoms with E-state index in [1.54, 1.807) is 7.11 Å². The smallest absolute Gasteiger partial charge is 0.200 e. The molecule has 0 saturated carbocycles. The van der Waals surface area contributed by atoms with Crippen LogP contribution in [0.4, 0.5) is 8.78 Å². The monoisotopic (exact) mass is 434 g/mol. The van der Waals surface area contributed by atoms with Gasteiger partial charge in [0.05, 0.1) is 13.7 Å². The molecule has 0 aliphatic heterocycles. The SMILES string of the molecule is CCC(OCc1ccccc1OC)Oc1c(F)cc(I)cc1F. The highest BCUT2D eigenvalue weighted by Gasteiger charge is 2.17. The van der Waals surface area contributed by atoms with Crippen molar-refractivity contribution in [2.45, 2.75) is 26.2 Å². The molecule has 1 unspecified atom stereocenters. The van der Waals surface area contributed by atoms with Crippen molar-refractivity contribution in [3.05, 3.63) is 57.2 Å². The van der Waals surface area contributed by atoms with E-state index < -0.39 is 23.7 Å². The van der Waals surface area contributed by atoms with Gasteiger partial charge in [0, 0.05) is 15.6 Å². The number of hydrogen-bond acceptors (Lipinski definition) is 3. The topological polar surface area (TPSA) is 27.7 Å². The van der Waals surface area contributed by atoms with Crippen molar-refractivity contribution >= 4 is 22.6 Å². The fourth-order valence-electron chi connectivity index (χ4n) is 2.01. The average molecular weight is 434 g/mol. The van der Waals surface area contributed by atoms with Crippen molar-refractivity contribution in [3.8, 4) is 11.5 Å². The van der Waals surface area contributed by atoms with Gasteiger partial charge in [0.1, 0.15) is 5.75 Å². The maximum atomic E-state index is 13.8. The van der Waals surface area contributed by atoms with Crippen LogP contribution in [0.3, 0.4) is 0 Å². The van der Waals surface area contributed by atoms with E-state index in [2.05, 4.69) is 0 Å². The van der Waals surface area contributed by atoms with Gasteiger partial charge >= 0.3 is 0 Å². The molecule has 2 aromatic rings. The molecule has 0 fully saturated rings. The molecule has 0 N–H and O–H groups in total. The van der Waals surface area contributed by atoms with Gasteiger partial charge in [0.25, 0.3) is 0 Å². The highest BCUT2D eigenvalue weighted by atomic mass is 127. The van der Waals surface area contributed by atoms with E-state index in [4.69, 9.17) is 14.2 Å². The molecule has 124 valence electrons. The Balaban J connectivity index is 2.06. The van der Waals surface area contributed by atoms with Crippen LogP contribution in [0.15, 0.2) is 36.4 Å². The van der Waals surface area contributed by atoms with E-state index in [9.17, 15) is 8.78 Å². The third-order valence-corrected chi connectivity index (χ3v) is 3.79. The highest BCUT2D eigenvalue weighted by Crippen LogP contribution is 2.26. The van der Waals surface area contributed by atoms with E-state index >= 15 is 0 Å². The summed E-state index contributed by atoms with van der Waals surface area (Å²) in [5, 5.41) is 0. The van der Waals surface area contributed by atoms with Crippen molar-refractivity contribution in [1.29, 1.82) is 0 Å². The first-order valence-electron chi connectivity index (χ1n) is 7.09. The predicted octanol–water partition coefficient (Wildman–Crippen LogP) is 4.91. The summed E-state index contributed by atoms with van der Waals surface area (Å²) in [5.74, 6) is -1.21. The molecule has 0 aliphatic carbocycles. The van der Waals surface area contributed by atoms with Crippen LogP contribution in [0.5, 0.6) is 11.5 Å². The minimum atomic E-state index is -0.760. The van der Waals surface area contributed by atoms with Gasteiger partial charge in [-0.1, -0.05) is 25.1 Å². The third kappa shape index (κ3) is 4.78. The standard InChI is InChI=1S/C17H17F2IO3/c1-3-16(22-10-11-6-4-5-7-15(11)21-2)23-17-13(18)8-12(20)9-14(17)19/h4-9,16H,3,10H2,1-2H3. The van der Waals surface area contributed by atoms with Gasteiger partial charge < -0.3 is 14.2 Å². The number of methoxy groups -OCH3 is 1. The summed E-state index contributed by atoms with van der Waals surface area (Å²) in [6.45, 7) is 2.03. The van der Waals surface area contributed by atoms with E-state index in [0.29, 0.717) is 15.7 Å². The van der Waals surface area contributed by atoms with Crippen LogP contribution in [0.25, 0.3) is 0 Å². The molecule has 0 spiro atoms. The van der Waals surface area contributed by atoms with Gasteiger partial charge in [-0.25, -0.2) is 8.78 Å². The Hall–Kier alpha value is -1.41. The van der Waals surface area contributed by atoms with Crippen LogP contribution >= 0.6 is 22.6 Å². The molecule has 0 aliphatic rings. The quantitative estimate of drug-likeness (QED) is 0.458. The summed E-state index contributed by atoms with van der Waals surface area (Å²) in [6, 6.07) is 9.82. The Morgan fingerprint density at radius 2 is 1.78 bits per heavy atom. The summed E-state index contributed by atoms with van der Waals surface area (Å²) in [5.41, 5.74) is 0.834. The maximum Gasteiger partial charge on any atom is 0.200 e. The summed E-state index contributed by atoms with van der Waals surface area (Å²) in [6.07, 6.45) is -0.316. The van der Waals surface area contributed by atoms with Crippen LogP contribution < -0.4 is 9.47 Å². The van der Waals surface area contributed by atoms with Crippen LogP contribution in [0, 0.1) is 15.2 Å². The Labute approximate surface area is 147 Å². The van der Waals surface area contributed by atoms with Gasteiger partial charge in [0.15, 0.2) is 23.7 Å². The van der Waals surface area contributed by atoms with Crippen molar-refractivity contribution in [2.24, 2.45) is 0 Å². The molecule has 1 atom stereocenters. The molecule has 2 rings (SSSR count). The molecular weight excluding hydrogens is 417 g/mol. The summed E-state index contributed by atoms with van der Waals surface area (Å²) < 4.78 is 44.4. The second-order valence-corrected chi connectivity index (χ2v) is 6.02. The lowest BCUT2D eigenvalue weighted by Crippen LogP contribution is -2.21. The summed E-state index contributed by atoms with van der Waals surface area (Å²) >= 11 is 1.84. The third-order valence-electron chi connectivity index (χ3n) is 3.16. The van der Waals surface area contributed by atoms with Gasteiger partial charge in [0.2, 0.25) is 0 Å². The largest absolute Gasteiger partial charge is 0.496 e. The minimum Gasteiger partial charge on any atom is -0.496 e. The van der Waals surface area contributed by atoms with Crippen molar-refractivity contribution in [2.75, 3.05) is 7.11 Å². The lowest BCUT2D eigenvalue weighted by Gasteiger charge is -2.19. The molecule has 0 aromatic heterocycles. The number of halogens is 3. The summed E-state index contributed by atoms with van der Waals surface area (Å²) in [7, 11) is 1.57. The predicted molar refractivity (Wildman–Crippen MR) is 91.6 cm³/mol. The van der Waals surface area contributed by atoms with Crippen LogP contribution in [-0.2, 0) is 11.3 Å². The molecular formula is C17H17F2IO3. The second-order valence-electron chi connectivity index (χ2n) is 4.78. The maximum absolute atomic E-state index is 13.8. The molecule has 6 heteroatoms. The van der Waals surface area contributed by atoms with Gasteiger partial charge in [-0.05, 0) is 40.8 Å². The number of para-hydroxylation sites is 1. The fourth-order valence-corrected chi connectivity index (χ4v) is 2.56. The van der Waals surface area contributed by atoms with Crippen LogP contribution in [0.1, 0.15) is 18.9 Å². The number of ether oxygens (including phenoxy) is 3. The molecule has 0 heterocycles. The normalized spacial score (nSPS) is 12.0. The van der Waals surface area contributed by atoms with Gasteiger partial charge in [-0.3, -0.25) is 0 Å². The second kappa shape index (κ2) is 8.44. The lowest BCUT2D eigenvalue weighted by molar-refractivity contribution is -0.0940. The Kier molecular flexibility index (Phi) is 6.59. The number of rotatable bonds is 7. The first-order chi connectivity index (χ1) is 11.0. The Morgan fingerprint density at radius 3 is 2.39 bits per heavy atom. The zero-order chi connectivity index (χ0) is 16.8. The molecule has 0 bridgehead atoms. The first kappa shape index (κ1) is 17.9. The van der Waals surface area contributed by atoms with E-state index in [1.165, 1.54) is 12.1 Å². The first-order valence-corrected chi connectivity index (χ1v) is 8.17. The molecule has 0 amide bonds. The average Bonchev–Trinajstić information content (AvgIpc) is 2.53. The zero-order valence-electron chi connectivity index (χ0n) is 12.8. The molecule has 23 heavy (non-hydrogen) atoms. The Morgan fingerprint density at radius 1 is 1.13 bits per heavy atom. The fraction of sp³-hybridized carbons (Fsp3) is 0.294. The molecule has 0 saturated heterocycles. The van der Waals surface area contributed by atoms with E-state index in [-0.39, 0.29) is 6.61 Å². The molecule has 0 radical (unpaired) electrons. The zero-order valence-corrected chi connectivity index (χ0v) is 15.0. The minimum absolute atomic E-state index is 0.218. The molecule has 2 aromatic carbocycles. The van der Waals surface area contributed by atoms with Crippen LogP contribution in [0.2, 0.25) is 0 Å². The number of benzene rings is 2. The lowest BCUT2D eigenvalue weighted by atomic mass is 10.2. The highest BCUT2D eigenvalue weighted by molar-refractivity contribution is 14.1. The number of hydrogen-bond donors (Lipinski definition) is 0. The van der Waals surface area contributed by atoms with Crippen molar-refractivity contribution < 1.29 is 23.0 Å². The van der Waals surface area contributed by atoms with Crippen molar-refractivity contribution in [3.63, 3.8) is 0 Å². The van der Waals surface area contributed by atoms with Crippen LogP contribution in [-0.4, -0.2) is 13.4 Å². The summed E-state index contributed by atoms with van der Waals surface area (Å²) in [4.78, 5) is 0. The van der Waals surface area contributed by atoms with Gasteiger partial charge in [-0.2, -0.15) is 0 Å². The van der Waals surface area contributed by atoms with E-state index in [0.717, 1.165) is 5.56 Å². The Bertz CT molecular complexity index is 641. The molecule has 3 nitrogen and oxygen atoms in total. The van der Waals surface area contributed by atoms with Crippen molar-refractivity contribution in [1.82, 2.24) is 0 Å². The van der Waals surface area contributed by atoms with E-state index in [1.807, 2.05) is 53.8 Å².